The molecule has 1 aromatic heterocycles. The van der Waals surface area contributed by atoms with Crippen LogP contribution in [0, 0.1) is 5.82 Å². The molecule has 0 aliphatic carbocycles. The maximum absolute atomic E-state index is 13.2. The van der Waals surface area contributed by atoms with Gasteiger partial charge in [-0.1, -0.05) is 11.6 Å². The van der Waals surface area contributed by atoms with E-state index in [1.54, 1.807) is 18.3 Å². The minimum Gasteiger partial charge on any atom is -0.384 e. The quantitative estimate of drug-likeness (QED) is 0.816. The minimum atomic E-state index is -0.448. The number of rotatable bonds is 5. The molecule has 3 rings (SSSR count). The van der Waals surface area contributed by atoms with E-state index in [-0.39, 0.29) is 17.0 Å². The van der Waals surface area contributed by atoms with Gasteiger partial charge < -0.3 is 14.2 Å². The summed E-state index contributed by atoms with van der Waals surface area (Å²) in [5.41, 5.74) is 0.339. The zero-order chi connectivity index (χ0) is 17.8. The summed E-state index contributed by atoms with van der Waals surface area (Å²) in [6.07, 6.45) is 4.07. The summed E-state index contributed by atoms with van der Waals surface area (Å²) in [4.78, 5) is 14.4. The van der Waals surface area contributed by atoms with E-state index in [1.165, 1.54) is 18.2 Å². The van der Waals surface area contributed by atoms with E-state index in [1.807, 2.05) is 0 Å². The number of nitrogens with zero attached hydrogens (tertiary/aromatic N) is 4. The molecule has 0 atom stereocenters. The smallest absolute Gasteiger partial charge is 0.255 e. The molecule has 0 unspecified atom stereocenters. The predicted octanol–water partition coefficient (Wildman–Crippen LogP) is 2.74. The van der Waals surface area contributed by atoms with Gasteiger partial charge in [-0.25, -0.2) is 4.39 Å². The Hall–Kier alpha value is -1.99. The molecule has 1 aliphatic rings. The number of hydrogen-bond acceptors (Lipinski definition) is 4. The van der Waals surface area contributed by atoms with Crippen molar-refractivity contribution in [3.8, 4) is 0 Å². The van der Waals surface area contributed by atoms with Gasteiger partial charge in [0.2, 0.25) is 0 Å². The van der Waals surface area contributed by atoms with Gasteiger partial charge in [-0.2, -0.15) is 0 Å². The first-order valence-electron chi connectivity index (χ1n) is 8.21. The van der Waals surface area contributed by atoms with Gasteiger partial charge >= 0.3 is 0 Å². The second-order valence-electron chi connectivity index (χ2n) is 6.04. The normalized spacial score (nSPS) is 15.6. The number of amides is 1. The lowest BCUT2D eigenvalue weighted by Crippen LogP contribution is -2.39. The summed E-state index contributed by atoms with van der Waals surface area (Å²) in [6.45, 7) is 1.82. The number of piperidine rings is 1. The van der Waals surface area contributed by atoms with Crippen molar-refractivity contribution in [3.05, 3.63) is 46.8 Å². The molecule has 25 heavy (non-hydrogen) atoms. The van der Waals surface area contributed by atoms with Crippen molar-refractivity contribution in [2.24, 2.45) is 0 Å². The van der Waals surface area contributed by atoms with Crippen LogP contribution in [0.3, 0.4) is 0 Å². The largest absolute Gasteiger partial charge is 0.384 e. The van der Waals surface area contributed by atoms with Gasteiger partial charge in [0.05, 0.1) is 17.2 Å². The first kappa shape index (κ1) is 17.8. The molecule has 1 amide bonds. The van der Waals surface area contributed by atoms with Crippen molar-refractivity contribution in [3.63, 3.8) is 0 Å². The maximum Gasteiger partial charge on any atom is 0.255 e. The summed E-state index contributed by atoms with van der Waals surface area (Å²) < 4.78 is 20.3. The Balaban J connectivity index is 1.64. The zero-order valence-electron chi connectivity index (χ0n) is 14.0. The van der Waals surface area contributed by atoms with E-state index in [4.69, 9.17) is 16.3 Å². The van der Waals surface area contributed by atoms with Crippen LogP contribution in [-0.2, 0) is 11.2 Å². The number of carbonyl (C=O) groups is 1. The highest BCUT2D eigenvalue weighted by atomic mass is 35.5. The van der Waals surface area contributed by atoms with Crippen LogP contribution < -0.4 is 0 Å². The fourth-order valence-electron chi connectivity index (χ4n) is 3.12. The second-order valence-corrected chi connectivity index (χ2v) is 6.45. The zero-order valence-corrected chi connectivity index (χ0v) is 14.7. The van der Waals surface area contributed by atoms with Crippen LogP contribution in [0.25, 0.3) is 0 Å². The van der Waals surface area contributed by atoms with Gasteiger partial charge in [0.25, 0.3) is 5.91 Å². The lowest BCUT2D eigenvalue weighted by Gasteiger charge is -2.33. The topological polar surface area (TPSA) is 60.3 Å². The molecule has 1 saturated heterocycles. The molecule has 1 aliphatic heterocycles. The molecule has 134 valence electrons. The van der Waals surface area contributed by atoms with Crippen molar-refractivity contribution < 1.29 is 13.9 Å². The van der Waals surface area contributed by atoms with E-state index in [9.17, 15) is 9.18 Å². The highest BCUT2D eigenvalue weighted by Gasteiger charge is 2.27. The number of ether oxygens (including phenoxy) is 1. The third-order valence-electron chi connectivity index (χ3n) is 4.48. The minimum absolute atomic E-state index is 0.146. The van der Waals surface area contributed by atoms with Crippen molar-refractivity contribution in [2.45, 2.75) is 25.3 Å². The van der Waals surface area contributed by atoms with Gasteiger partial charge in [-0.05, 0) is 31.0 Å². The van der Waals surface area contributed by atoms with Gasteiger partial charge in [0.15, 0.2) is 0 Å². The molecule has 1 aromatic carbocycles. The van der Waals surface area contributed by atoms with Crippen LogP contribution in [0.4, 0.5) is 4.39 Å². The average molecular weight is 367 g/mol. The van der Waals surface area contributed by atoms with Gasteiger partial charge in [-0.3, -0.25) is 4.79 Å². The Morgan fingerprint density at radius 1 is 1.40 bits per heavy atom. The van der Waals surface area contributed by atoms with Crippen LogP contribution in [0.2, 0.25) is 5.02 Å². The number of halogens is 2. The Morgan fingerprint density at radius 2 is 2.16 bits per heavy atom. The molecule has 2 heterocycles. The molecule has 0 saturated carbocycles. The standard InChI is InChI=1S/C17H20ClFN4O2/c1-25-9-6-16-21-20-11-23(16)13-4-7-22(8-5-13)17(24)14-3-2-12(19)10-15(14)18/h2-3,10-11,13H,4-9H2,1H3. The van der Waals surface area contributed by atoms with Gasteiger partial charge in [0.1, 0.15) is 18.0 Å². The number of methoxy groups -OCH3 is 1. The van der Waals surface area contributed by atoms with Crippen LogP contribution in [0.15, 0.2) is 24.5 Å². The summed E-state index contributed by atoms with van der Waals surface area (Å²) in [5, 5.41) is 8.29. The van der Waals surface area contributed by atoms with E-state index < -0.39 is 5.82 Å². The van der Waals surface area contributed by atoms with Crippen molar-refractivity contribution in [1.29, 1.82) is 0 Å². The Bertz CT molecular complexity index is 744. The molecule has 1 fully saturated rings. The van der Waals surface area contributed by atoms with Crippen LogP contribution >= 0.6 is 11.6 Å². The maximum atomic E-state index is 13.2. The molecule has 0 spiro atoms. The van der Waals surface area contributed by atoms with Gasteiger partial charge in [-0.15, -0.1) is 10.2 Å². The van der Waals surface area contributed by atoms with Crippen molar-refractivity contribution >= 4 is 17.5 Å². The third kappa shape index (κ3) is 3.99. The van der Waals surface area contributed by atoms with Crippen molar-refractivity contribution in [1.82, 2.24) is 19.7 Å². The lowest BCUT2D eigenvalue weighted by molar-refractivity contribution is 0.0693. The average Bonchev–Trinajstić information content (AvgIpc) is 3.08. The van der Waals surface area contributed by atoms with Crippen molar-refractivity contribution in [2.75, 3.05) is 26.8 Å². The molecule has 0 radical (unpaired) electrons. The second kappa shape index (κ2) is 7.93. The van der Waals surface area contributed by atoms with E-state index in [2.05, 4.69) is 14.8 Å². The first-order chi connectivity index (χ1) is 12.1. The summed E-state index contributed by atoms with van der Waals surface area (Å²) in [6, 6.07) is 4.12. The Labute approximate surface area is 150 Å². The molecule has 8 heteroatoms. The predicted molar refractivity (Wildman–Crippen MR) is 91.2 cm³/mol. The Morgan fingerprint density at radius 3 is 2.84 bits per heavy atom. The Kier molecular flexibility index (Phi) is 5.65. The number of hydrogen-bond donors (Lipinski definition) is 0. The number of likely N-dealkylation sites (tertiary alicyclic amines) is 1. The van der Waals surface area contributed by atoms with E-state index in [0.29, 0.717) is 31.7 Å². The number of aromatic nitrogens is 3. The first-order valence-corrected chi connectivity index (χ1v) is 8.59. The molecular weight excluding hydrogens is 347 g/mol. The summed E-state index contributed by atoms with van der Waals surface area (Å²) in [7, 11) is 1.66. The molecule has 6 nitrogen and oxygen atoms in total. The fraction of sp³-hybridized carbons (Fsp3) is 0.471. The van der Waals surface area contributed by atoms with Gasteiger partial charge in [0, 0.05) is 32.7 Å². The fourth-order valence-corrected chi connectivity index (χ4v) is 3.37. The molecule has 0 N–H and O–H groups in total. The number of benzene rings is 1. The molecule has 2 aromatic rings. The summed E-state index contributed by atoms with van der Waals surface area (Å²) >= 11 is 6.00. The third-order valence-corrected chi connectivity index (χ3v) is 4.80. The highest BCUT2D eigenvalue weighted by Crippen LogP contribution is 2.26. The van der Waals surface area contributed by atoms with Crippen LogP contribution in [-0.4, -0.2) is 52.4 Å². The molecular formula is C17H20ClFN4O2. The lowest BCUT2D eigenvalue weighted by atomic mass is 10.0. The highest BCUT2D eigenvalue weighted by molar-refractivity contribution is 6.33. The molecule has 0 bridgehead atoms. The van der Waals surface area contributed by atoms with E-state index in [0.717, 1.165) is 18.7 Å². The number of carbonyl (C=O) groups excluding carboxylic acids is 1. The SMILES string of the molecule is COCCc1nncn1C1CCN(C(=O)c2ccc(F)cc2Cl)CC1. The van der Waals surface area contributed by atoms with Crippen LogP contribution in [0.5, 0.6) is 0 Å². The monoisotopic (exact) mass is 366 g/mol. The van der Waals surface area contributed by atoms with E-state index >= 15 is 0 Å². The summed E-state index contributed by atoms with van der Waals surface area (Å²) in [5.74, 6) is 0.288. The van der Waals surface area contributed by atoms with Crippen LogP contribution in [0.1, 0.15) is 35.1 Å².